The van der Waals surface area contributed by atoms with E-state index in [1.54, 1.807) is 6.07 Å². The van der Waals surface area contributed by atoms with Crippen LogP contribution in [0.25, 0.3) is 0 Å². The average Bonchev–Trinajstić information content (AvgIpc) is 2.66. The number of nitrogens with two attached hydrogens (primary N) is 1. The fourth-order valence-electron chi connectivity index (χ4n) is 2.22. The number of ether oxygens (including phenoxy) is 1. The van der Waals surface area contributed by atoms with Gasteiger partial charge in [-0.25, -0.2) is 0 Å². The number of methoxy groups -OCH3 is 1. The third-order valence-corrected chi connectivity index (χ3v) is 5.79. The Kier molecular flexibility index (Phi) is 3.53. The Hall–Kier alpha value is -1.28. The van der Waals surface area contributed by atoms with Gasteiger partial charge < -0.3 is 0 Å². The molecule has 1 amide bonds. The minimum absolute atomic E-state index is 0.0331. The van der Waals surface area contributed by atoms with Crippen LogP contribution in [0.1, 0.15) is 17.0 Å². The van der Waals surface area contributed by atoms with Crippen molar-refractivity contribution in [2.24, 2.45) is 5.73 Å². The summed E-state index contributed by atoms with van der Waals surface area (Å²) >= 11 is -0.984. The van der Waals surface area contributed by atoms with Gasteiger partial charge in [-0.15, -0.1) is 0 Å². The molecule has 2 rings (SSSR count). The van der Waals surface area contributed by atoms with Gasteiger partial charge in [0.2, 0.25) is 0 Å². The molecular formula is C12H13AsNO3. The average molecular weight is 294 g/mol. The molecule has 1 aliphatic carbocycles. The van der Waals surface area contributed by atoms with E-state index in [9.17, 15) is 9.59 Å². The molecule has 0 spiro atoms. The number of carbonyl (C=O) groups is 2. The Labute approximate surface area is 106 Å². The zero-order valence-corrected chi connectivity index (χ0v) is 11.5. The van der Waals surface area contributed by atoms with Gasteiger partial charge in [-0.1, -0.05) is 0 Å². The predicted molar refractivity (Wildman–Crippen MR) is 64.2 cm³/mol. The summed E-state index contributed by atoms with van der Waals surface area (Å²) in [5.74, 6) is -0.689. The number of fused-ring (bicyclic) bond motifs is 1. The van der Waals surface area contributed by atoms with Crippen LogP contribution in [0.2, 0.25) is 4.71 Å². The first-order valence-corrected chi connectivity index (χ1v) is 7.52. The first kappa shape index (κ1) is 12.2. The second-order valence-electron chi connectivity index (χ2n) is 3.95. The van der Waals surface area contributed by atoms with E-state index in [0.717, 1.165) is 17.5 Å². The van der Waals surface area contributed by atoms with Gasteiger partial charge in [-0.3, -0.25) is 0 Å². The molecular weight excluding hydrogens is 281 g/mol. The summed E-state index contributed by atoms with van der Waals surface area (Å²) in [5, 5.41) is 0. The zero-order chi connectivity index (χ0) is 12.4. The van der Waals surface area contributed by atoms with Crippen LogP contribution in [0, 0.1) is 6.07 Å². The fraction of sp³-hybridized carbons (Fsp3) is 0.333. The Morgan fingerprint density at radius 2 is 2.35 bits per heavy atom. The molecule has 3 unspecified atom stereocenters. The third kappa shape index (κ3) is 2.37. The monoisotopic (exact) mass is 294 g/mol. The number of hydrogen-bond acceptors (Lipinski definition) is 3. The Balaban J connectivity index is 2.27. The summed E-state index contributed by atoms with van der Waals surface area (Å²) in [4.78, 5) is 22.9. The molecule has 0 fully saturated rings. The number of rotatable bonds is 3. The standard InChI is InChI=1S/C12H13AsNO3/c1-17-12(16)13-9-6-7-4-2-3-5-8(7)10(9)11(14)15/h3-5,9-10,13H,6H2,1H3,(H2,14,15). The molecule has 0 aliphatic heterocycles. The number of hydrogen-bond donors (Lipinski definition) is 1. The molecule has 1 aliphatic rings. The molecule has 0 aromatic heterocycles. The summed E-state index contributed by atoms with van der Waals surface area (Å²) < 4.78 is 4.55. The predicted octanol–water partition coefficient (Wildman–Crippen LogP) is 0.603. The molecule has 5 heteroatoms. The maximum absolute atomic E-state index is 11.5. The summed E-state index contributed by atoms with van der Waals surface area (Å²) in [6.45, 7) is 0. The van der Waals surface area contributed by atoms with E-state index in [2.05, 4.69) is 6.07 Å². The molecule has 0 bridgehead atoms. The van der Waals surface area contributed by atoms with E-state index >= 15 is 0 Å². The summed E-state index contributed by atoms with van der Waals surface area (Å²) in [7, 11) is 1.38. The van der Waals surface area contributed by atoms with Gasteiger partial charge in [-0.2, -0.15) is 0 Å². The van der Waals surface area contributed by atoms with Crippen molar-refractivity contribution in [3.05, 3.63) is 35.4 Å². The van der Waals surface area contributed by atoms with E-state index in [-0.39, 0.29) is 21.3 Å². The molecule has 0 saturated heterocycles. The Bertz CT molecular complexity index is 461. The quantitative estimate of drug-likeness (QED) is 0.830. The van der Waals surface area contributed by atoms with Crippen LogP contribution in [0.3, 0.4) is 0 Å². The SMILES string of the molecule is COC(=O)[AsH]C1Cc2c[c]ccc2C1C(N)=O. The van der Waals surface area contributed by atoms with Crippen molar-refractivity contribution in [2.75, 3.05) is 7.11 Å². The normalized spacial score (nSPS) is 22.6. The zero-order valence-electron chi connectivity index (χ0n) is 9.40. The van der Waals surface area contributed by atoms with Crippen molar-refractivity contribution in [1.82, 2.24) is 0 Å². The van der Waals surface area contributed by atoms with Crippen molar-refractivity contribution < 1.29 is 14.3 Å². The molecule has 0 heterocycles. The van der Waals surface area contributed by atoms with Gasteiger partial charge in [0.15, 0.2) is 0 Å². The van der Waals surface area contributed by atoms with Crippen LogP contribution >= 0.6 is 0 Å². The van der Waals surface area contributed by atoms with E-state index in [0.29, 0.717) is 0 Å². The van der Waals surface area contributed by atoms with Crippen molar-refractivity contribution in [3.8, 4) is 0 Å². The Morgan fingerprint density at radius 3 is 3.00 bits per heavy atom. The van der Waals surface area contributed by atoms with Crippen LogP contribution in [0.15, 0.2) is 18.2 Å². The first-order chi connectivity index (χ1) is 8.13. The number of carbonyl (C=O) groups excluding carboxylic acids is 2. The van der Waals surface area contributed by atoms with Gasteiger partial charge in [0.25, 0.3) is 0 Å². The third-order valence-electron chi connectivity index (χ3n) is 2.96. The van der Waals surface area contributed by atoms with Crippen LogP contribution in [-0.2, 0) is 16.0 Å². The molecule has 1 radical (unpaired) electrons. The van der Waals surface area contributed by atoms with Crippen molar-refractivity contribution in [1.29, 1.82) is 0 Å². The van der Waals surface area contributed by atoms with Crippen LogP contribution in [0.4, 0.5) is 4.79 Å². The molecule has 3 atom stereocenters. The summed E-state index contributed by atoms with van der Waals surface area (Å²) in [5.41, 5.74) is 7.47. The molecule has 4 nitrogen and oxygen atoms in total. The van der Waals surface area contributed by atoms with E-state index in [1.807, 2.05) is 12.1 Å². The van der Waals surface area contributed by atoms with Crippen LogP contribution in [0.5, 0.6) is 0 Å². The summed E-state index contributed by atoms with van der Waals surface area (Å²) in [6.07, 6.45) is 0.732. The summed E-state index contributed by atoms with van der Waals surface area (Å²) in [6, 6.07) is 8.50. The molecule has 1 aromatic rings. The topological polar surface area (TPSA) is 69.4 Å². The van der Waals surface area contributed by atoms with E-state index in [1.165, 1.54) is 7.11 Å². The van der Waals surface area contributed by atoms with Gasteiger partial charge in [0, 0.05) is 0 Å². The van der Waals surface area contributed by atoms with E-state index < -0.39 is 15.8 Å². The van der Waals surface area contributed by atoms with E-state index in [4.69, 9.17) is 10.5 Å². The van der Waals surface area contributed by atoms with Gasteiger partial charge >= 0.3 is 106 Å². The molecule has 89 valence electrons. The second kappa shape index (κ2) is 4.92. The van der Waals surface area contributed by atoms with Crippen molar-refractivity contribution >= 4 is 26.4 Å². The molecule has 1 aromatic carbocycles. The number of primary amides is 1. The minimum atomic E-state index is -0.984. The first-order valence-electron chi connectivity index (χ1n) is 5.26. The van der Waals surface area contributed by atoms with Gasteiger partial charge in [0.1, 0.15) is 0 Å². The van der Waals surface area contributed by atoms with Gasteiger partial charge in [-0.05, 0) is 0 Å². The van der Waals surface area contributed by atoms with Crippen molar-refractivity contribution in [3.63, 3.8) is 0 Å². The number of benzene rings is 1. The molecule has 2 N–H and O–H groups in total. The van der Waals surface area contributed by atoms with Gasteiger partial charge in [0.05, 0.1) is 0 Å². The maximum atomic E-state index is 11.5. The van der Waals surface area contributed by atoms with Crippen LogP contribution < -0.4 is 5.73 Å². The van der Waals surface area contributed by atoms with Crippen molar-refractivity contribution in [2.45, 2.75) is 17.0 Å². The fourth-order valence-corrected chi connectivity index (χ4v) is 4.85. The van der Waals surface area contributed by atoms with Crippen LogP contribution in [-0.4, -0.2) is 33.5 Å². The second-order valence-corrected chi connectivity index (χ2v) is 6.97. The molecule has 0 saturated carbocycles. The Morgan fingerprint density at radius 1 is 1.59 bits per heavy atom. The molecule has 17 heavy (non-hydrogen) atoms. The number of amides is 1.